The summed E-state index contributed by atoms with van der Waals surface area (Å²) in [5.41, 5.74) is 4.67. The van der Waals surface area contributed by atoms with Crippen LogP contribution in [0.5, 0.6) is 0 Å². The second-order valence-electron chi connectivity index (χ2n) is 8.37. The molecule has 0 atom stereocenters. The highest BCUT2D eigenvalue weighted by molar-refractivity contribution is 5.72. The Kier molecular flexibility index (Phi) is 4.79. The lowest BCUT2D eigenvalue weighted by Crippen LogP contribution is -2.28. The maximum absolute atomic E-state index is 11.8. The van der Waals surface area contributed by atoms with Gasteiger partial charge in [0.05, 0.1) is 5.92 Å². The lowest BCUT2D eigenvalue weighted by Gasteiger charge is -2.37. The van der Waals surface area contributed by atoms with E-state index in [0.29, 0.717) is 0 Å². The second-order valence-corrected chi connectivity index (χ2v) is 8.37. The Balaban J connectivity index is 2.60. The van der Waals surface area contributed by atoms with Crippen molar-refractivity contribution in [3.63, 3.8) is 0 Å². The summed E-state index contributed by atoms with van der Waals surface area (Å²) in [5.74, 6) is -0.122. The van der Waals surface area contributed by atoms with Crippen molar-refractivity contribution in [1.29, 1.82) is 0 Å². The molecule has 0 bridgehead atoms. The number of carbonyl (C=O) groups excluding carboxylic acids is 1. The van der Waals surface area contributed by atoms with Gasteiger partial charge in [-0.2, -0.15) is 0 Å². The number of benzene rings is 1. The van der Waals surface area contributed by atoms with Crippen molar-refractivity contribution in [1.82, 2.24) is 0 Å². The SMILES string of the molecule is CC(C)(C)C1=CC(=Cc2ccccc2)C=C(C(C)(C)C)C1C=O. The molecule has 1 aliphatic rings. The molecule has 0 heterocycles. The summed E-state index contributed by atoms with van der Waals surface area (Å²) >= 11 is 0. The predicted octanol–water partition coefficient (Wildman–Crippen LogP) is 5.84. The zero-order valence-corrected chi connectivity index (χ0v) is 15.2. The minimum atomic E-state index is -0.122. The molecule has 2 rings (SSSR count). The highest BCUT2D eigenvalue weighted by Gasteiger charge is 2.35. The first kappa shape index (κ1) is 17.5. The Hall–Kier alpha value is -1.89. The molecule has 1 aromatic carbocycles. The molecule has 0 N–H and O–H groups in total. The Morgan fingerprint density at radius 2 is 1.30 bits per heavy atom. The molecule has 0 radical (unpaired) electrons. The minimum absolute atomic E-state index is 0.0356. The summed E-state index contributed by atoms with van der Waals surface area (Å²) in [4.78, 5) is 11.8. The monoisotopic (exact) mass is 308 g/mol. The van der Waals surface area contributed by atoms with E-state index in [2.05, 4.69) is 71.9 Å². The van der Waals surface area contributed by atoms with Crippen LogP contribution in [-0.4, -0.2) is 6.29 Å². The van der Waals surface area contributed by atoms with Gasteiger partial charge < -0.3 is 4.79 Å². The van der Waals surface area contributed by atoms with E-state index in [9.17, 15) is 4.79 Å². The smallest absolute Gasteiger partial charge is 0.131 e. The average molecular weight is 308 g/mol. The van der Waals surface area contributed by atoms with Crippen molar-refractivity contribution in [3.8, 4) is 0 Å². The molecule has 0 aliphatic heterocycles. The number of rotatable bonds is 2. The summed E-state index contributed by atoms with van der Waals surface area (Å²) < 4.78 is 0. The van der Waals surface area contributed by atoms with Crippen LogP contribution in [-0.2, 0) is 4.79 Å². The van der Waals surface area contributed by atoms with Gasteiger partial charge in [0.15, 0.2) is 0 Å². The van der Waals surface area contributed by atoms with Gasteiger partial charge in [0.25, 0.3) is 0 Å². The molecule has 0 unspecified atom stereocenters. The van der Waals surface area contributed by atoms with E-state index >= 15 is 0 Å². The number of hydrogen-bond acceptors (Lipinski definition) is 1. The molecule has 0 saturated heterocycles. The van der Waals surface area contributed by atoms with Gasteiger partial charge in [-0.3, -0.25) is 0 Å². The van der Waals surface area contributed by atoms with Crippen LogP contribution >= 0.6 is 0 Å². The van der Waals surface area contributed by atoms with E-state index < -0.39 is 0 Å². The van der Waals surface area contributed by atoms with Crippen LogP contribution in [0.2, 0.25) is 0 Å². The maximum atomic E-state index is 11.8. The topological polar surface area (TPSA) is 17.1 Å². The summed E-state index contributed by atoms with van der Waals surface area (Å²) in [7, 11) is 0. The molecule has 1 aromatic rings. The largest absolute Gasteiger partial charge is 0.302 e. The molecule has 1 nitrogen and oxygen atoms in total. The lowest BCUT2D eigenvalue weighted by atomic mass is 9.67. The van der Waals surface area contributed by atoms with Crippen molar-refractivity contribution >= 4 is 12.4 Å². The molecule has 0 fully saturated rings. The van der Waals surface area contributed by atoms with Crippen molar-refractivity contribution in [2.45, 2.75) is 41.5 Å². The third-order valence-corrected chi connectivity index (χ3v) is 4.32. The molecule has 23 heavy (non-hydrogen) atoms. The second kappa shape index (κ2) is 6.31. The van der Waals surface area contributed by atoms with Crippen LogP contribution in [0.15, 0.2) is 59.2 Å². The number of aldehydes is 1. The van der Waals surface area contributed by atoms with E-state index in [1.54, 1.807) is 0 Å². The summed E-state index contributed by atoms with van der Waals surface area (Å²) in [6.07, 6.45) is 7.69. The first-order chi connectivity index (χ1) is 10.6. The van der Waals surface area contributed by atoms with Crippen LogP contribution in [0.4, 0.5) is 0 Å². The molecule has 1 heteroatoms. The van der Waals surface area contributed by atoms with E-state index in [1.807, 2.05) is 18.2 Å². The van der Waals surface area contributed by atoms with Gasteiger partial charge >= 0.3 is 0 Å². The number of allylic oxidation sites excluding steroid dienone is 5. The third-order valence-electron chi connectivity index (χ3n) is 4.32. The van der Waals surface area contributed by atoms with Crippen LogP contribution < -0.4 is 0 Å². The van der Waals surface area contributed by atoms with E-state index in [0.717, 1.165) is 6.29 Å². The van der Waals surface area contributed by atoms with E-state index in [4.69, 9.17) is 0 Å². The zero-order valence-electron chi connectivity index (χ0n) is 15.2. The lowest BCUT2D eigenvalue weighted by molar-refractivity contribution is -0.109. The van der Waals surface area contributed by atoms with Gasteiger partial charge in [-0.1, -0.05) is 84.0 Å². The summed E-state index contributed by atoms with van der Waals surface area (Å²) in [6, 6.07) is 10.3. The molecule has 0 saturated carbocycles. The van der Waals surface area contributed by atoms with Crippen molar-refractivity contribution < 1.29 is 4.79 Å². The van der Waals surface area contributed by atoms with Crippen LogP contribution in [0.3, 0.4) is 0 Å². The third kappa shape index (κ3) is 4.10. The van der Waals surface area contributed by atoms with E-state index in [-0.39, 0.29) is 16.7 Å². The maximum Gasteiger partial charge on any atom is 0.131 e. The fourth-order valence-electron chi connectivity index (χ4n) is 3.09. The molecule has 122 valence electrons. The Labute approximate surface area is 140 Å². The average Bonchev–Trinajstić information content (AvgIpc) is 2.45. The number of hydrogen-bond donors (Lipinski definition) is 0. The summed E-state index contributed by atoms with van der Waals surface area (Å²) in [5, 5.41) is 0. The van der Waals surface area contributed by atoms with Gasteiger partial charge in [0.1, 0.15) is 6.29 Å². The molecular weight excluding hydrogens is 280 g/mol. The zero-order chi connectivity index (χ0) is 17.3. The van der Waals surface area contributed by atoms with Crippen LogP contribution in [0.25, 0.3) is 6.08 Å². The van der Waals surface area contributed by atoms with Gasteiger partial charge in [0.2, 0.25) is 0 Å². The van der Waals surface area contributed by atoms with E-state index in [1.165, 1.54) is 22.3 Å². The highest BCUT2D eigenvalue weighted by Crippen LogP contribution is 2.44. The Morgan fingerprint density at radius 1 is 0.826 bits per heavy atom. The Bertz CT molecular complexity index is 624. The fraction of sp³-hybridized carbons (Fsp3) is 0.409. The first-order valence-corrected chi connectivity index (χ1v) is 8.29. The van der Waals surface area contributed by atoms with Gasteiger partial charge in [0, 0.05) is 0 Å². The normalized spacial score (nSPS) is 19.0. The highest BCUT2D eigenvalue weighted by atomic mass is 16.1. The van der Waals surface area contributed by atoms with Crippen molar-refractivity contribution in [2.24, 2.45) is 16.7 Å². The van der Waals surface area contributed by atoms with Gasteiger partial charge in [-0.15, -0.1) is 0 Å². The Morgan fingerprint density at radius 3 is 1.70 bits per heavy atom. The molecule has 0 amide bonds. The molecular formula is C22H28O. The number of carbonyl (C=O) groups is 1. The van der Waals surface area contributed by atoms with Gasteiger partial charge in [-0.05, 0) is 39.2 Å². The standard InChI is InChI=1S/C22H28O/c1-21(2,3)19-13-17(12-16-10-8-7-9-11-16)14-20(18(19)15-23)22(4,5)6/h7-15,18H,1-6H3. The quantitative estimate of drug-likeness (QED) is 0.627. The summed E-state index contributed by atoms with van der Waals surface area (Å²) in [6.45, 7) is 13.1. The molecule has 0 aromatic heterocycles. The van der Waals surface area contributed by atoms with Crippen molar-refractivity contribution in [2.75, 3.05) is 0 Å². The van der Waals surface area contributed by atoms with Crippen LogP contribution in [0.1, 0.15) is 47.1 Å². The molecule has 1 aliphatic carbocycles. The minimum Gasteiger partial charge on any atom is -0.302 e. The predicted molar refractivity (Wildman–Crippen MR) is 99.0 cm³/mol. The van der Waals surface area contributed by atoms with Crippen molar-refractivity contribution in [3.05, 3.63) is 64.8 Å². The van der Waals surface area contributed by atoms with Gasteiger partial charge in [-0.25, -0.2) is 0 Å². The first-order valence-electron chi connectivity index (χ1n) is 8.29. The van der Waals surface area contributed by atoms with Crippen LogP contribution in [0, 0.1) is 16.7 Å². The fourth-order valence-corrected chi connectivity index (χ4v) is 3.09. The molecule has 0 spiro atoms.